The summed E-state index contributed by atoms with van der Waals surface area (Å²) >= 11 is 11.9. The number of nitrogens with one attached hydrogen (secondary N) is 2. The molecule has 1 aliphatic rings. The third-order valence-corrected chi connectivity index (χ3v) is 3.95. The Labute approximate surface area is 133 Å². The lowest BCUT2D eigenvalue weighted by molar-refractivity contribution is -0.116. The topological polar surface area (TPSA) is 41.1 Å². The molecule has 2 aromatic carbocycles. The summed E-state index contributed by atoms with van der Waals surface area (Å²) in [4.78, 5) is 12.2. The smallest absolute Gasteiger partial charge is 0.225 e. The number of anilines is 2. The summed E-state index contributed by atoms with van der Waals surface area (Å²) in [5.74, 6) is 0.146. The number of hydrogen-bond donors (Lipinski definition) is 2. The molecule has 1 heterocycles. The number of amides is 1. The summed E-state index contributed by atoms with van der Waals surface area (Å²) in [5, 5.41) is 7.17. The molecule has 0 aromatic heterocycles. The van der Waals surface area contributed by atoms with E-state index in [0.717, 1.165) is 12.2 Å². The zero-order valence-corrected chi connectivity index (χ0v) is 12.7. The molecule has 108 valence electrons. The number of hydrogen-bond acceptors (Lipinski definition) is 2. The Morgan fingerprint density at radius 2 is 1.90 bits per heavy atom. The molecular formula is C16H14Cl2N2O. The number of rotatable bonds is 3. The van der Waals surface area contributed by atoms with Gasteiger partial charge in [0.15, 0.2) is 0 Å². The Bertz CT molecular complexity index is 667. The highest BCUT2D eigenvalue weighted by molar-refractivity contribution is 6.35. The van der Waals surface area contributed by atoms with Crippen molar-refractivity contribution in [3.05, 3.63) is 58.1 Å². The van der Waals surface area contributed by atoms with Crippen molar-refractivity contribution in [1.29, 1.82) is 0 Å². The lowest BCUT2D eigenvalue weighted by Crippen LogP contribution is -2.16. The second kappa shape index (κ2) is 5.96. The maximum atomic E-state index is 12.2. The molecule has 3 rings (SSSR count). The molecule has 2 aromatic rings. The van der Waals surface area contributed by atoms with Gasteiger partial charge in [0.1, 0.15) is 0 Å². The lowest BCUT2D eigenvalue weighted by Gasteiger charge is -2.11. The normalized spacial score (nSPS) is 16.2. The van der Waals surface area contributed by atoms with Crippen LogP contribution in [0.25, 0.3) is 0 Å². The van der Waals surface area contributed by atoms with Crippen LogP contribution in [-0.2, 0) is 4.79 Å². The van der Waals surface area contributed by atoms with Crippen LogP contribution in [0.1, 0.15) is 17.9 Å². The van der Waals surface area contributed by atoms with Gasteiger partial charge in [-0.25, -0.2) is 0 Å². The highest BCUT2D eigenvalue weighted by Gasteiger charge is 2.23. The van der Waals surface area contributed by atoms with Crippen LogP contribution in [0.15, 0.2) is 42.5 Å². The van der Waals surface area contributed by atoms with E-state index in [4.69, 9.17) is 23.2 Å². The number of halogens is 2. The predicted molar refractivity (Wildman–Crippen MR) is 87.4 cm³/mol. The average Bonchev–Trinajstić information content (AvgIpc) is 2.81. The van der Waals surface area contributed by atoms with Crippen molar-refractivity contribution < 1.29 is 4.79 Å². The van der Waals surface area contributed by atoms with Gasteiger partial charge in [-0.2, -0.15) is 0 Å². The largest absolute Gasteiger partial charge is 0.384 e. The Kier molecular flexibility index (Phi) is 4.04. The van der Waals surface area contributed by atoms with Crippen molar-refractivity contribution in [2.24, 2.45) is 0 Å². The Morgan fingerprint density at radius 3 is 2.67 bits per heavy atom. The zero-order valence-electron chi connectivity index (χ0n) is 11.2. The summed E-state index contributed by atoms with van der Waals surface area (Å²) in [6, 6.07) is 13.1. The molecule has 5 heteroatoms. The van der Waals surface area contributed by atoms with Crippen molar-refractivity contribution in [3.8, 4) is 0 Å². The van der Waals surface area contributed by atoms with Crippen LogP contribution >= 0.6 is 23.2 Å². The molecule has 0 saturated carbocycles. The van der Waals surface area contributed by atoms with Crippen LogP contribution in [0.5, 0.6) is 0 Å². The predicted octanol–water partition coefficient (Wildman–Crippen LogP) is 4.53. The summed E-state index contributed by atoms with van der Waals surface area (Å²) in [6.45, 7) is 0.781. The monoisotopic (exact) mass is 320 g/mol. The van der Waals surface area contributed by atoms with E-state index in [0.29, 0.717) is 22.2 Å². The van der Waals surface area contributed by atoms with E-state index in [1.807, 2.05) is 18.2 Å². The van der Waals surface area contributed by atoms with Gasteiger partial charge in [0.05, 0.1) is 0 Å². The summed E-state index contributed by atoms with van der Waals surface area (Å²) in [7, 11) is 0. The molecule has 21 heavy (non-hydrogen) atoms. The van der Waals surface area contributed by atoms with Crippen LogP contribution in [-0.4, -0.2) is 12.5 Å². The number of benzene rings is 2. The molecule has 0 radical (unpaired) electrons. The molecule has 1 unspecified atom stereocenters. The Balaban J connectivity index is 1.68. The van der Waals surface area contributed by atoms with E-state index in [2.05, 4.69) is 16.7 Å². The first-order chi connectivity index (χ1) is 10.1. The maximum Gasteiger partial charge on any atom is 0.225 e. The molecule has 0 saturated heterocycles. The van der Waals surface area contributed by atoms with E-state index in [9.17, 15) is 4.79 Å². The van der Waals surface area contributed by atoms with Gasteiger partial charge in [-0.1, -0.05) is 41.4 Å². The second-order valence-corrected chi connectivity index (χ2v) is 5.95. The highest BCUT2D eigenvalue weighted by Crippen LogP contribution is 2.33. The minimum Gasteiger partial charge on any atom is -0.384 e. The fourth-order valence-electron chi connectivity index (χ4n) is 2.60. The van der Waals surface area contributed by atoms with Crippen molar-refractivity contribution in [2.45, 2.75) is 12.3 Å². The van der Waals surface area contributed by atoms with Gasteiger partial charge in [0.2, 0.25) is 5.91 Å². The number of carbonyl (C=O) groups excluding carboxylic acids is 1. The van der Waals surface area contributed by atoms with Crippen LogP contribution in [0.2, 0.25) is 10.0 Å². The fourth-order valence-corrected chi connectivity index (χ4v) is 3.13. The van der Waals surface area contributed by atoms with Gasteiger partial charge in [0.25, 0.3) is 0 Å². The van der Waals surface area contributed by atoms with Gasteiger partial charge in [-0.15, -0.1) is 0 Å². The zero-order chi connectivity index (χ0) is 14.8. The standard InChI is InChI=1S/C16H14Cl2N2O/c17-11-6-12(18)8-13(7-11)20-16(21)5-10-9-19-15-4-2-1-3-14(10)15/h1-4,6-8,10,19H,5,9H2,(H,20,21). The van der Waals surface area contributed by atoms with Crippen molar-refractivity contribution in [1.82, 2.24) is 0 Å². The Hall–Kier alpha value is -1.71. The molecule has 0 bridgehead atoms. The number of fused-ring (bicyclic) bond motifs is 1. The first-order valence-corrected chi connectivity index (χ1v) is 7.46. The van der Waals surface area contributed by atoms with Crippen LogP contribution in [0.4, 0.5) is 11.4 Å². The van der Waals surface area contributed by atoms with Crippen molar-refractivity contribution in [3.63, 3.8) is 0 Å². The van der Waals surface area contributed by atoms with Gasteiger partial charge in [-0.05, 0) is 29.8 Å². The third-order valence-electron chi connectivity index (χ3n) is 3.52. The molecule has 1 aliphatic heterocycles. The van der Waals surface area contributed by atoms with Crippen LogP contribution in [0.3, 0.4) is 0 Å². The number of carbonyl (C=O) groups is 1. The molecule has 0 fully saturated rings. The summed E-state index contributed by atoms with van der Waals surface area (Å²) in [5.41, 5.74) is 2.93. The summed E-state index contributed by atoms with van der Waals surface area (Å²) < 4.78 is 0. The molecule has 3 nitrogen and oxygen atoms in total. The van der Waals surface area contributed by atoms with E-state index >= 15 is 0 Å². The molecule has 1 atom stereocenters. The average molecular weight is 321 g/mol. The third kappa shape index (κ3) is 3.31. The first kappa shape index (κ1) is 14.2. The SMILES string of the molecule is O=C(CC1CNc2ccccc21)Nc1cc(Cl)cc(Cl)c1. The van der Waals surface area contributed by atoms with E-state index in [-0.39, 0.29) is 11.8 Å². The van der Waals surface area contributed by atoms with Gasteiger partial charge >= 0.3 is 0 Å². The molecule has 0 spiro atoms. The summed E-state index contributed by atoms with van der Waals surface area (Å²) in [6.07, 6.45) is 0.425. The second-order valence-electron chi connectivity index (χ2n) is 5.08. The fraction of sp³-hybridized carbons (Fsp3) is 0.188. The first-order valence-electron chi connectivity index (χ1n) is 6.70. The van der Waals surface area contributed by atoms with E-state index < -0.39 is 0 Å². The number of para-hydroxylation sites is 1. The van der Waals surface area contributed by atoms with Crippen LogP contribution < -0.4 is 10.6 Å². The van der Waals surface area contributed by atoms with Crippen molar-refractivity contribution in [2.75, 3.05) is 17.2 Å². The Morgan fingerprint density at radius 1 is 1.19 bits per heavy atom. The van der Waals surface area contributed by atoms with E-state index in [1.54, 1.807) is 18.2 Å². The van der Waals surface area contributed by atoms with Gasteiger partial charge in [-0.3, -0.25) is 4.79 Å². The van der Waals surface area contributed by atoms with Gasteiger partial charge < -0.3 is 10.6 Å². The minimum absolute atomic E-state index is 0.0446. The molecular weight excluding hydrogens is 307 g/mol. The lowest BCUT2D eigenvalue weighted by atomic mass is 9.97. The minimum atomic E-state index is -0.0446. The van der Waals surface area contributed by atoms with E-state index in [1.165, 1.54) is 5.56 Å². The van der Waals surface area contributed by atoms with Crippen molar-refractivity contribution >= 4 is 40.5 Å². The maximum absolute atomic E-state index is 12.2. The molecule has 1 amide bonds. The molecule has 0 aliphatic carbocycles. The quantitative estimate of drug-likeness (QED) is 0.872. The van der Waals surface area contributed by atoms with Gasteiger partial charge in [0, 0.05) is 40.3 Å². The highest BCUT2D eigenvalue weighted by atomic mass is 35.5. The van der Waals surface area contributed by atoms with Crippen LogP contribution in [0, 0.1) is 0 Å². The molecule has 2 N–H and O–H groups in total.